The molecule has 2 aromatic carbocycles. The van der Waals surface area contributed by atoms with Crippen molar-refractivity contribution in [1.82, 2.24) is 5.32 Å². The van der Waals surface area contributed by atoms with Crippen molar-refractivity contribution in [3.05, 3.63) is 64.4 Å². The van der Waals surface area contributed by atoms with Crippen LogP contribution in [0.25, 0.3) is 0 Å². The zero-order chi connectivity index (χ0) is 14.5. The number of hydrogen-bond donors (Lipinski definition) is 1. The second-order valence-corrected chi connectivity index (χ2v) is 5.00. The minimum absolute atomic E-state index is 0.120. The van der Waals surface area contributed by atoms with Crippen molar-refractivity contribution in [2.45, 2.75) is 19.5 Å². The lowest BCUT2D eigenvalue weighted by atomic mass is 10.1. The Morgan fingerprint density at radius 1 is 1.25 bits per heavy atom. The molecule has 2 rings (SSSR count). The van der Waals surface area contributed by atoms with E-state index in [0.29, 0.717) is 6.54 Å². The lowest BCUT2D eigenvalue weighted by molar-refractivity contribution is 0.401. The highest BCUT2D eigenvalue weighted by atomic mass is 35.5. The van der Waals surface area contributed by atoms with E-state index in [1.165, 1.54) is 6.07 Å². The topological polar surface area (TPSA) is 21.3 Å². The van der Waals surface area contributed by atoms with E-state index < -0.39 is 5.82 Å². The zero-order valence-corrected chi connectivity index (χ0v) is 12.2. The van der Waals surface area contributed by atoms with Crippen molar-refractivity contribution in [2.75, 3.05) is 7.11 Å². The molecule has 2 aromatic rings. The molecule has 0 fully saturated rings. The molecule has 4 heteroatoms. The number of ether oxygens (including phenoxy) is 1. The molecule has 0 aliphatic heterocycles. The zero-order valence-electron chi connectivity index (χ0n) is 11.5. The Balaban J connectivity index is 2.04. The van der Waals surface area contributed by atoms with Gasteiger partial charge in [-0.05, 0) is 30.7 Å². The Morgan fingerprint density at radius 3 is 2.70 bits per heavy atom. The number of hydrogen-bond acceptors (Lipinski definition) is 2. The van der Waals surface area contributed by atoms with Gasteiger partial charge >= 0.3 is 0 Å². The Morgan fingerprint density at radius 2 is 2.00 bits per heavy atom. The van der Waals surface area contributed by atoms with Crippen LogP contribution in [-0.4, -0.2) is 7.11 Å². The molecule has 1 N–H and O–H groups in total. The fourth-order valence-electron chi connectivity index (χ4n) is 2.05. The predicted molar refractivity (Wildman–Crippen MR) is 79.7 cm³/mol. The van der Waals surface area contributed by atoms with Gasteiger partial charge in [0.25, 0.3) is 0 Å². The van der Waals surface area contributed by atoms with Crippen LogP contribution in [0.4, 0.5) is 4.39 Å². The summed E-state index contributed by atoms with van der Waals surface area (Å²) in [6, 6.07) is 12.7. The fourth-order valence-corrected chi connectivity index (χ4v) is 2.26. The second kappa shape index (κ2) is 6.73. The third kappa shape index (κ3) is 3.50. The van der Waals surface area contributed by atoms with E-state index in [0.717, 1.165) is 16.9 Å². The summed E-state index contributed by atoms with van der Waals surface area (Å²) >= 11 is 5.77. The van der Waals surface area contributed by atoms with Crippen LogP contribution >= 0.6 is 11.6 Å². The maximum atomic E-state index is 13.1. The van der Waals surface area contributed by atoms with Crippen molar-refractivity contribution in [1.29, 1.82) is 0 Å². The van der Waals surface area contributed by atoms with Gasteiger partial charge in [-0.1, -0.05) is 35.9 Å². The van der Waals surface area contributed by atoms with Gasteiger partial charge < -0.3 is 10.1 Å². The molecule has 0 aliphatic carbocycles. The monoisotopic (exact) mass is 293 g/mol. The highest BCUT2D eigenvalue weighted by Gasteiger charge is 2.10. The first-order valence-electron chi connectivity index (χ1n) is 6.42. The van der Waals surface area contributed by atoms with Gasteiger partial charge in [0.05, 0.1) is 12.1 Å². The molecule has 0 heterocycles. The normalized spacial score (nSPS) is 12.2. The Labute approximate surface area is 123 Å². The van der Waals surface area contributed by atoms with Crippen LogP contribution in [0.2, 0.25) is 5.02 Å². The molecule has 20 heavy (non-hydrogen) atoms. The molecule has 106 valence electrons. The van der Waals surface area contributed by atoms with Crippen molar-refractivity contribution in [3.8, 4) is 5.75 Å². The minimum Gasteiger partial charge on any atom is -0.496 e. The summed E-state index contributed by atoms with van der Waals surface area (Å²) in [6.45, 7) is 2.67. The van der Waals surface area contributed by atoms with E-state index >= 15 is 0 Å². The lowest BCUT2D eigenvalue weighted by Gasteiger charge is -2.17. The molecule has 0 spiro atoms. The smallest absolute Gasteiger partial charge is 0.141 e. The predicted octanol–water partition coefficient (Wildman–Crippen LogP) is 4.34. The van der Waals surface area contributed by atoms with Gasteiger partial charge in [0.1, 0.15) is 11.6 Å². The third-order valence-corrected chi connectivity index (χ3v) is 3.49. The molecular weight excluding hydrogens is 277 g/mol. The third-order valence-electron chi connectivity index (χ3n) is 3.20. The van der Waals surface area contributed by atoms with Crippen LogP contribution in [0.5, 0.6) is 5.75 Å². The first-order chi connectivity index (χ1) is 9.61. The maximum absolute atomic E-state index is 13.1. The summed E-state index contributed by atoms with van der Waals surface area (Å²) in [5.41, 5.74) is 2.03. The van der Waals surface area contributed by atoms with E-state index in [4.69, 9.17) is 16.3 Å². The molecule has 0 amide bonds. The Kier molecular flexibility index (Phi) is 4.99. The van der Waals surface area contributed by atoms with Crippen LogP contribution in [0.15, 0.2) is 42.5 Å². The van der Waals surface area contributed by atoms with E-state index in [1.54, 1.807) is 19.2 Å². The fraction of sp³-hybridized carbons (Fsp3) is 0.250. The van der Waals surface area contributed by atoms with Crippen LogP contribution in [0.3, 0.4) is 0 Å². The number of methoxy groups -OCH3 is 1. The molecule has 0 radical (unpaired) electrons. The van der Waals surface area contributed by atoms with E-state index in [9.17, 15) is 4.39 Å². The van der Waals surface area contributed by atoms with Crippen LogP contribution in [-0.2, 0) is 6.54 Å². The summed E-state index contributed by atoms with van der Waals surface area (Å²) < 4.78 is 18.4. The van der Waals surface area contributed by atoms with Gasteiger partial charge in [-0.2, -0.15) is 0 Å². The van der Waals surface area contributed by atoms with Crippen molar-refractivity contribution in [3.63, 3.8) is 0 Å². The lowest BCUT2D eigenvalue weighted by Crippen LogP contribution is -2.18. The number of para-hydroxylation sites is 1. The summed E-state index contributed by atoms with van der Waals surface area (Å²) in [4.78, 5) is 0. The number of benzene rings is 2. The standard InChI is InChI=1S/C16H17ClFNO/c1-11(13-5-3-4-6-16(13)20-2)19-10-12-7-8-15(18)14(17)9-12/h3-9,11,19H,10H2,1-2H3. The minimum atomic E-state index is -0.395. The maximum Gasteiger partial charge on any atom is 0.141 e. The summed E-state index contributed by atoms with van der Waals surface area (Å²) in [5.74, 6) is 0.456. The Hall–Kier alpha value is -1.58. The largest absolute Gasteiger partial charge is 0.496 e. The SMILES string of the molecule is COc1ccccc1C(C)NCc1ccc(F)c(Cl)c1. The van der Waals surface area contributed by atoms with Gasteiger partial charge in [0, 0.05) is 18.2 Å². The average Bonchev–Trinajstić information content (AvgIpc) is 2.48. The van der Waals surface area contributed by atoms with Crippen LogP contribution in [0.1, 0.15) is 24.1 Å². The highest BCUT2D eigenvalue weighted by Crippen LogP contribution is 2.24. The van der Waals surface area contributed by atoms with E-state index in [2.05, 4.69) is 12.2 Å². The molecule has 0 bridgehead atoms. The molecular formula is C16H17ClFNO. The number of rotatable bonds is 5. The van der Waals surface area contributed by atoms with Gasteiger partial charge in [0.15, 0.2) is 0 Å². The van der Waals surface area contributed by atoms with Gasteiger partial charge in [-0.3, -0.25) is 0 Å². The molecule has 2 nitrogen and oxygen atoms in total. The summed E-state index contributed by atoms with van der Waals surface area (Å²) in [6.07, 6.45) is 0. The molecule has 0 aliphatic rings. The van der Waals surface area contributed by atoms with Gasteiger partial charge in [0.2, 0.25) is 0 Å². The van der Waals surface area contributed by atoms with Crippen molar-refractivity contribution < 1.29 is 9.13 Å². The van der Waals surface area contributed by atoms with E-state index in [1.807, 2.05) is 24.3 Å². The summed E-state index contributed by atoms with van der Waals surface area (Å²) in [7, 11) is 1.66. The Bertz CT molecular complexity index is 588. The molecule has 1 atom stereocenters. The van der Waals surface area contributed by atoms with Crippen LogP contribution < -0.4 is 10.1 Å². The second-order valence-electron chi connectivity index (χ2n) is 4.59. The quantitative estimate of drug-likeness (QED) is 0.885. The highest BCUT2D eigenvalue weighted by molar-refractivity contribution is 6.30. The molecule has 0 aromatic heterocycles. The number of nitrogens with one attached hydrogen (secondary N) is 1. The average molecular weight is 294 g/mol. The first-order valence-corrected chi connectivity index (χ1v) is 6.80. The molecule has 1 unspecified atom stereocenters. The van der Waals surface area contributed by atoms with Crippen molar-refractivity contribution in [2.24, 2.45) is 0 Å². The number of halogens is 2. The first kappa shape index (κ1) is 14.8. The van der Waals surface area contributed by atoms with Gasteiger partial charge in [-0.25, -0.2) is 4.39 Å². The summed E-state index contributed by atoms with van der Waals surface area (Å²) in [5, 5.41) is 3.52. The van der Waals surface area contributed by atoms with Crippen LogP contribution in [0, 0.1) is 5.82 Å². The van der Waals surface area contributed by atoms with Crippen molar-refractivity contribution >= 4 is 11.6 Å². The van der Waals surface area contributed by atoms with E-state index in [-0.39, 0.29) is 11.1 Å². The van der Waals surface area contributed by atoms with Gasteiger partial charge in [-0.15, -0.1) is 0 Å². The molecule has 0 saturated heterocycles. The molecule has 0 saturated carbocycles.